The van der Waals surface area contributed by atoms with Crippen molar-refractivity contribution in [3.8, 4) is 0 Å². The molecule has 0 radical (unpaired) electrons. The lowest BCUT2D eigenvalue weighted by Gasteiger charge is -2.27. The van der Waals surface area contributed by atoms with Crippen LogP contribution in [-0.4, -0.2) is 53.1 Å². The molecule has 2 aliphatic heterocycles. The molecule has 2 saturated heterocycles. The van der Waals surface area contributed by atoms with E-state index in [1.54, 1.807) is 12.3 Å². The summed E-state index contributed by atoms with van der Waals surface area (Å²) in [5.74, 6) is 0.735. The summed E-state index contributed by atoms with van der Waals surface area (Å²) in [6, 6.07) is 2.87. The molecule has 1 aromatic rings. The minimum absolute atomic E-state index is 0.0112. The standard InChI is InChI=1S/C14H20ClN5O/c1-19-9-2-3-10(19)8-20(7-5-9)14-12(15)11(4-6-17-14)13(16)18-21/h4,6,9-10,21H,2-3,5,7-8H2,1H3,(H2,16,18). The molecule has 2 unspecified atom stereocenters. The Kier molecular flexibility index (Phi) is 3.91. The van der Waals surface area contributed by atoms with Crippen LogP contribution >= 0.6 is 11.6 Å². The number of nitrogens with zero attached hydrogens (tertiary/aromatic N) is 4. The lowest BCUT2D eigenvalue weighted by molar-refractivity contribution is 0.254. The van der Waals surface area contributed by atoms with Crippen molar-refractivity contribution in [3.05, 3.63) is 22.8 Å². The van der Waals surface area contributed by atoms with E-state index in [-0.39, 0.29) is 5.84 Å². The zero-order chi connectivity index (χ0) is 15.0. The van der Waals surface area contributed by atoms with Gasteiger partial charge in [0.05, 0.1) is 5.02 Å². The number of hydrogen-bond acceptors (Lipinski definition) is 5. The van der Waals surface area contributed by atoms with Crippen molar-refractivity contribution in [1.82, 2.24) is 9.88 Å². The maximum atomic E-state index is 8.84. The largest absolute Gasteiger partial charge is 0.409 e. The Morgan fingerprint density at radius 3 is 2.95 bits per heavy atom. The molecule has 3 rings (SSSR count). The number of oxime groups is 1. The zero-order valence-electron chi connectivity index (χ0n) is 12.0. The molecule has 2 fully saturated rings. The van der Waals surface area contributed by atoms with Crippen LogP contribution in [0.15, 0.2) is 17.4 Å². The summed E-state index contributed by atoms with van der Waals surface area (Å²) in [7, 11) is 2.20. The molecular weight excluding hydrogens is 290 g/mol. The first-order valence-corrected chi connectivity index (χ1v) is 7.59. The van der Waals surface area contributed by atoms with E-state index in [0.717, 1.165) is 25.3 Å². The quantitative estimate of drug-likeness (QED) is 0.375. The highest BCUT2D eigenvalue weighted by Crippen LogP contribution is 2.33. The Balaban J connectivity index is 1.90. The Bertz CT molecular complexity index is 564. The maximum absolute atomic E-state index is 8.84. The number of nitrogens with two attached hydrogens (primary N) is 1. The van der Waals surface area contributed by atoms with E-state index < -0.39 is 0 Å². The predicted molar refractivity (Wildman–Crippen MR) is 83.2 cm³/mol. The summed E-state index contributed by atoms with van der Waals surface area (Å²) >= 11 is 6.42. The molecule has 0 saturated carbocycles. The number of amidine groups is 1. The summed E-state index contributed by atoms with van der Waals surface area (Å²) < 4.78 is 0. The van der Waals surface area contributed by atoms with E-state index in [2.05, 4.69) is 27.0 Å². The van der Waals surface area contributed by atoms with Gasteiger partial charge >= 0.3 is 0 Å². The first-order valence-electron chi connectivity index (χ1n) is 7.21. The highest BCUT2D eigenvalue weighted by molar-refractivity contribution is 6.36. The molecule has 0 aromatic carbocycles. The van der Waals surface area contributed by atoms with Crippen molar-refractivity contribution >= 4 is 23.3 Å². The Morgan fingerprint density at radius 2 is 2.19 bits per heavy atom. The highest BCUT2D eigenvalue weighted by atomic mass is 35.5. The number of fused-ring (bicyclic) bond motifs is 2. The number of anilines is 1. The SMILES string of the molecule is CN1C2CCC1CN(c1nccc(/C(N)=N/O)c1Cl)CC2. The van der Waals surface area contributed by atoms with Crippen LogP contribution in [0.3, 0.4) is 0 Å². The second-order valence-corrected chi connectivity index (χ2v) is 6.14. The van der Waals surface area contributed by atoms with Crippen molar-refractivity contribution in [3.63, 3.8) is 0 Å². The van der Waals surface area contributed by atoms with Gasteiger partial charge in [-0.2, -0.15) is 0 Å². The Morgan fingerprint density at radius 1 is 1.43 bits per heavy atom. The topological polar surface area (TPSA) is 78.0 Å². The average Bonchev–Trinajstić information content (AvgIpc) is 2.72. The minimum atomic E-state index is 0.0112. The fraction of sp³-hybridized carbons (Fsp3) is 0.571. The van der Waals surface area contributed by atoms with Crippen LogP contribution in [0.5, 0.6) is 0 Å². The third-order valence-electron chi connectivity index (χ3n) is 4.70. The van der Waals surface area contributed by atoms with Gasteiger partial charge in [0.25, 0.3) is 0 Å². The Labute approximate surface area is 129 Å². The molecule has 7 heteroatoms. The number of likely N-dealkylation sites (N-methyl/N-ethyl adjacent to an activating group) is 1. The first kappa shape index (κ1) is 14.4. The summed E-state index contributed by atoms with van der Waals surface area (Å²) in [5.41, 5.74) is 6.19. The summed E-state index contributed by atoms with van der Waals surface area (Å²) in [6.07, 6.45) is 5.26. The van der Waals surface area contributed by atoms with Crippen LogP contribution in [0.25, 0.3) is 0 Å². The second kappa shape index (κ2) is 5.69. The molecule has 0 spiro atoms. The van der Waals surface area contributed by atoms with Crippen LogP contribution in [0, 0.1) is 0 Å². The molecule has 2 atom stereocenters. The smallest absolute Gasteiger partial charge is 0.171 e. The summed E-state index contributed by atoms with van der Waals surface area (Å²) in [4.78, 5) is 9.11. The van der Waals surface area contributed by atoms with Gasteiger partial charge in [-0.05, 0) is 32.4 Å². The molecule has 0 amide bonds. The van der Waals surface area contributed by atoms with Gasteiger partial charge in [-0.25, -0.2) is 4.98 Å². The number of aromatic nitrogens is 1. The van der Waals surface area contributed by atoms with E-state index in [9.17, 15) is 0 Å². The molecule has 3 heterocycles. The monoisotopic (exact) mass is 309 g/mol. The van der Waals surface area contributed by atoms with E-state index >= 15 is 0 Å². The first-order chi connectivity index (χ1) is 10.1. The number of rotatable bonds is 2. The minimum Gasteiger partial charge on any atom is -0.409 e. The van der Waals surface area contributed by atoms with Gasteiger partial charge in [0.2, 0.25) is 0 Å². The highest BCUT2D eigenvalue weighted by Gasteiger charge is 2.35. The van der Waals surface area contributed by atoms with Gasteiger partial charge in [0.15, 0.2) is 5.84 Å². The molecule has 6 nitrogen and oxygen atoms in total. The summed E-state index contributed by atoms with van der Waals surface area (Å²) in [6.45, 7) is 1.84. The van der Waals surface area contributed by atoms with Gasteiger partial charge < -0.3 is 15.8 Å². The zero-order valence-corrected chi connectivity index (χ0v) is 12.8. The lowest BCUT2D eigenvalue weighted by atomic mass is 10.1. The second-order valence-electron chi connectivity index (χ2n) is 5.77. The average molecular weight is 310 g/mol. The third kappa shape index (κ3) is 2.53. The molecule has 2 bridgehead atoms. The van der Waals surface area contributed by atoms with Crippen LogP contribution in [0.2, 0.25) is 5.02 Å². The molecule has 21 heavy (non-hydrogen) atoms. The van der Waals surface area contributed by atoms with Gasteiger partial charge in [-0.15, -0.1) is 0 Å². The molecule has 2 aliphatic rings. The van der Waals surface area contributed by atoms with Crippen LogP contribution in [0.4, 0.5) is 5.82 Å². The molecule has 1 aromatic heterocycles. The summed E-state index contributed by atoms with van der Waals surface area (Å²) in [5, 5.41) is 12.3. The predicted octanol–water partition coefficient (Wildman–Crippen LogP) is 1.50. The molecule has 114 valence electrons. The van der Waals surface area contributed by atoms with Crippen molar-refractivity contribution in [2.45, 2.75) is 31.3 Å². The van der Waals surface area contributed by atoms with E-state index in [1.807, 2.05) is 0 Å². The van der Waals surface area contributed by atoms with E-state index in [4.69, 9.17) is 22.5 Å². The van der Waals surface area contributed by atoms with E-state index in [1.165, 1.54) is 12.8 Å². The van der Waals surface area contributed by atoms with Crippen molar-refractivity contribution < 1.29 is 5.21 Å². The molecule has 0 aliphatic carbocycles. The van der Waals surface area contributed by atoms with Crippen molar-refractivity contribution in [1.29, 1.82) is 0 Å². The van der Waals surface area contributed by atoms with Gasteiger partial charge in [-0.3, -0.25) is 4.90 Å². The number of halogens is 1. The Hall–Kier alpha value is -1.53. The fourth-order valence-electron chi connectivity index (χ4n) is 3.41. The molecular formula is C14H20ClN5O. The van der Waals surface area contributed by atoms with Crippen molar-refractivity contribution in [2.24, 2.45) is 10.9 Å². The van der Waals surface area contributed by atoms with Gasteiger partial charge in [0.1, 0.15) is 5.82 Å². The lowest BCUT2D eigenvalue weighted by Crippen LogP contribution is -2.37. The van der Waals surface area contributed by atoms with Gasteiger partial charge in [0, 0.05) is 36.9 Å². The van der Waals surface area contributed by atoms with E-state index in [0.29, 0.717) is 22.7 Å². The van der Waals surface area contributed by atoms with Crippen LogP contribution in [0.1, 0.15) is 24.8 Å². The van der Waals surface area contributed by atoms with Gasteiger partial charge in [-0.1, -0.05) is 16.8 Å². The van der Waals surface area contributed by atoms with Crippen LogP contribution < -0.4 is 10.6 Å². The maximum Gasteiger partial charge on any atom is 0.171 e. The number of hydrogen-bond donors (Lipinski definition) is 2. The molecule has 3 N–H and O–H groups in total. The normalized spacial score (nSPS) is 27.0. The van der Waals surface area contributed by atoms with Crippen molar-refractivity contribution in [2.75, 3.05) is 25.0 Å². The van der Waals surface area contributed by atoms with Crippen LogP contribution in [-0.2, 0) is 0 Å². The fourth-order valence-corrected chi connectivity index (χ4v) is 3.73. The number of pyridine rings is 1. The third-order valence-corrected chi connectivity index (χ3v) is 5.08.